The molecule has 0 spiro atoms. The molecule has 1 aromatic rings. The van der Waals surface area contributed by atoms with Gasteiger partial charge in [0.25, 0.3) is 11.6 Å². The molecule has 0 fully saturated rings. The number of nitrogens with zero attached hydrogens (tertiary/aromatic N) is 1. The molecule has 0 bridgehead atoms. The number of anilines is 1. The second-order valence-electron chi connectivity index (χ2n) is 3.28. The van der Waals surface area contributed by atoms with Gasteiger partial charge in [-0.1, -0.05) is 0 Å². The van der Waals surface area contributed by atoms with Crippen molar-refractivity contribution >= 4 is 17.3 Å². The Morgan fingerprint density at radius 3 is 2.76 bits per heavy atom. The fourth-order valence-electron chi connectivity index (χ4n) is 1.33. The van der Waals surface area contributed by atoms with E-state index in [1.54, 1.807) is 0 Å². The monoisotopic (exact) mass is 238 g/mol. The molecular weight excluding hydrogens is 224 g/mol. The van der Waals surface area contributed by atoms with E-state index in [0.717, 1.165) is 0 Å². The zero-order chi connectivity index (χ0) is 12.8. The second kappa shape index (κ2) is 5.80. The Balaban J connectivity index is 3.09. The van der Waals surface area contributed by atoms with E-state index >= 15 is 0 Å². The lowest BCUT2D eigenvalue weighted by atomic mass is 10.1. The van der Waals surface area contributed by atoms with Crippen LogP contribution in [0.15, 0.2) is 18.2 Å². The molecule has 17 heavy (non-hydrogen) atoms. The van der Waals surface area contributed by atoms with Crippen LogP contribution >= 0.6 is 0 Å². The molecule has 0 aromatic heterocycles. The standard InChI is InChI=1S/C10H14N4O3/c1-12-10(15)7-2-3-9(14(16)17)8(6-7)13-5-4-11/h2-3,6,13H,4-5,11H2,1H3,(H,12,15). The van der Waals surface area contributed by atoms with Gasteiger partial charge in [0, 0.05) is 31.8 Å². The highest BCUT2D eigenvalue weighted by molar-refractivity contribution is 5.95. The molecule has 0 aliphatic carbocycles. The summed E-state index contributed by atoms with van der Waals surface area (Å²) in [6.07, 6.45) is 0. The van der Waals surface area contributed by atoms with E-state index < -0.39 is 4.92 Å². The Kier molecular flexibility index (Phi) is 4.41. The Morgan fingerprint density at radius 1 is 1.53 bits per heavy atom. The molecule has 7 nitrogen and oxygen atoms in total. The quantitative estimate of drug-likeness (QED) is 0.505. The molecule has 1 aromatic carbocycles. The van der Waals surface area contributed by atoms with E-state index in [1.807, 2.05) is 0 Å². The van der Waals surface area contributed by atoms with Crippen LogP contribution < -0.4 is 16.4 Å². The van der Waals surface area contributed by atoms with Crippen molar-refractivity contribution in [1.29, 1.82) is 0 Å². The number of hydrogen-bond acceptors (Lipinski definition) is 5. The van der Waals surface area contributed by atoms with Crippen LogP contribution in [-0.2, 0) is 0 Å². The van der Waals surface area contributed by atoms with Crippen LogP contribution in [-0.4, -0.2) is 31.0 Å². The van der Waals surface area contributed by atoms with Crippen molar-refractivity contribution < 1.29 is 9.72 Å². The minimum absolute atomic E-state index is 0.0777. The highest BCUT2D eigenvalue weighted by Crippen LogP contribution is 2.25. The average Bonchev–Trinajstić information content (AvgIpc) is 2.34. The summed E-state index contributed by atoms with van der Waals surface area (Å²) >= 11 is 0. The van der Waals surface area contributed by atoms with Crippen LogP contribution in [0.3, 0.4) is 0 Å². The minimum atomic E-state index is -0.507. The summed E-state index contributed by atoms with van der Waals surface area (Å²) in [5, 5.41) is 16.0. The first-order valence-corrected chi connectivity index (χ1v) is 5.04. The van der Waals surface area contributed by atoms with Crippen molar-refractivity contribution in [2.75, 3.05) is 25.5 Å². The van der Waals surface area contributed by atoms with Gasteiger partial charge in [0.2, 0.25) is 0 Å². The molecular formula is C10H14N4O3. The van der Waals surface area contributed by atoms with Crippen LogP contribution in [0, 0.1) is 10.1 Å². The smallest absolute Gasteiger partial charge is 0.292 e. The number of benzene rings is 1. The van der Waals surface area contributed by atoms with Crippen LogP contribution in [0.1, 0.15) is 10.4 Å². The van der Waals surface area contributed by atoms with Crippen molar-refractivity contribution in [2.45, 2.75) is 0 Å². The van der Waals surface area contributed by atoms with Gasteiger partial charge >= 0.3 is 0 Å². The van der Waals surface area contributed by atoms with E-state index in [2.05, 4.69) is 10.6 Å². The first-order chi connectivity index (χ1) is 8.10. The predicted octanol–water partition coefficient (Wildman–Crippen LogP) is 0.325. The van der Waals surface area contributed by atoms with Gasteiger partial charge in [-0.3, -0.25) is 14.9 Å². The Morgan fingerprint density at radius 2 is 2.24 bits per heavy atom. The molecule has 0 aliphatic heterocycles. The normalized spacial score (nSPS) is 9.76. The van der Waals surface area contributed by atoms with Crippen LogP contribution in [0.5, 0.6) is 0 Å². The number of carbonyl (C=O) groups excluding carboxylic acids is 1. The molecule has 0 aliphatic rings. The van der Waals surface area contributed by atoms with Gasteiger partial charge < -0.3 is 16.4 Å². The maximum Gasteiger partial charge on any atom is 0.292 e. The van der Waals surface area contributed by atoms with E-state index in [-0.39, 0.29) is 11.6 Å². The van der Waals surface area contributed by atoms with Crippen molar-refractivity contribution in [1.82, 2.24) is 5.32 Å². The van der Waals surface area contributed by atoms with Gasteiger partial charge in [-0.2, -0.15) is 0 Å². The number of nitro benzene ring substituents is 1. The van der Waals surface area contributed by atoms with Crippen LogP contribution in [0.25, 0.3) is 0 Å². The summed E-state index contributed by atoms with van der Waals surface area (Å²) in [7, 11) is 1.50. The predicted molar refractivity (Wildman–Crippen MR) is 64.0 cm³/mol. The number of rotatable bonds is 5. The van der Waals surface area contributed by atoms with Gasteiger partial charge in [-0.25, -0.2) is 0 Å². The highest BCUT2D eigenvalue weighted by atomic mass is 16.6. The summed E-state index contributed by atoms with van der Waals surface area (Å²) in [5.74, 6) is -0.296. The number of amides is 1. The fraction of sp³-hybridized carbons (Fsp3) is 0.300. The lowest BCUT2D eigenvalue weighted by molar-refractivity contribution is -0.384. The second-order valence-corrected chi connectivity index (χ2v) is 3.28. The van der Waals surface area contributed by atoms with E-state index in [4.69, 9.17) is 5.73 Å². The van der Waals surface area contributed by atoms with Crippen LogP contribution in [0.4, 0.5) is 11.4 Å². The van der Waals surface area contributed by atoms with Crippen LogP contribution in [0.2, 0.25) is 0 Å². The number of nitrogens with two attached hydrogens (primary N) is 1. The molecule has 1 amide bonds. The number of hydrogen-bond donors (Lipinski definition) is 3. The molecule has 7 heteroatoms. The van der Waals surface area contributed by atoms with Gasteiger partial charge in [-0.05, 0) is 12.1 Å². The SMILES string of the molecule is CNC(=O)c1ccc([N+](=O)[O-])c(NCCN)c1. The molecule has 92 valence electrons. The first kappa shape index (κ1) is 12.9. The van der Waals surface area contributed by atoms with E-state index in [9.17, 15) is 14.9 Å². The number of nitro groups is 1. The van der Waals surface area contributed by atoms with E-state index in [0.29, 0.717) is 24.3 Å². The Hall–Kier alpha value is -2.15. The lowest BCUT2D eigenvalue weighted by Crippen LogP contribution is -2.19. The summed E-state index contributed by atoms with van der Waals surface area (Å²) in [6, 6.07) is 4.14. The topological polar surface area (TPSA) is 110 Å². The highest BCUT2D eigenvalue weighted by Gasteiger charge is 2.15. The zero-order valence-corrected chi connectivity index (χ0v) is 9.40. The molecule has 4 N–H and O–H groups in total. The summed E-state index contributed by atoms with van der Waals surface area (Å²) < 4.78 is 0. The average molecular weight is 238 g/mol. The fourth-order valence-corrected chi connectivity index (χ4v) is 1.33. The minimum Gasteiger partial charge on any atom is -0.378 e. The Labute approximate surface area is 98.1 Å². The maximum atomic E-state index is 11.4. The molecule has 0 saturated carbocycles. The zero-order valence-electron chi connectivity index (χ0n) is 9.40. The molecule has 0 saturated heterocycles. The van der Waals surface area contributed by atoms with Gasteiger partial charge in [0.1, 0.15) is 5.69 Å². The third kappa shape index (κ3) is 3.15. The van der Waals surface area contributed by atoms with Crippen molar-refractivity contribution in [3.63, 3.8) is 0 Å². The van der Waals surface area contributed by atoms with E-state index in [1.165, 1.54) is 25.2 Å². The largest absolute Gasteiger partial charge is 0.378 e. The lowest BCUT2D eigenvalue weighted by Gasteiger charge is -2.07. The van der Waals surface area contributed by atoms with Crippen molar-refractivity contribution in [3.8, 4) is 0 Å². The van der Waals surface area contributed by atoms with Gasteiger partial charge in [0.15, 0.2) is 0 Å². The third-order valence-electron chi connectivity index (χ3n) is 2.14. The first-order valence-electron chi connectivity index (χ1n) is 5.04. The summed E-state index contributed by atoms with van der Waals surface area (Å²) in [5.41, 5.74) is 5.89. The summed E-state index contributed by atoms with van der Waals surface area (Å²) in [6.45, 7) is 0.749. The van der Waals surface area contributed by atoms with Gasteiger partial charge in [-0.15, -0.1) is 0 Å². The maximum absolute atomic E-state index is 11.4. The third-order valence-corrected chi connectivity index (χ3v) is 2.14. The molecule has 0 atom stereocenters. The van der Waals surface area contributed by atoms with Crippen molar-refractivity contribution in [2.24, 2.45) is 5.73 Å². The van der Waals surface area contributed by atoms with Gasteiger partial charge in [0.05, 0.1) is 4.92 Å². The molecule has 0 radical (unpaired) electrons. The molecule has 0 heterocycles. The number of nitrogens with one attached hydrogen (secondary N) is 2. The molecule has 1 rings (SSSR count). The van der Waals surface area contributed by atoms with Crippen molar-refractivity contribution in [3.05, 3.63) is 33.9 Å². The summed E-state index contributed by atoms with van der Waals surface area (Å²) in [4.78, 5) is 21.6. The molecule has 0 unspecified atom stereocenters. The number of carbonyl (C=O) groups is 1. The Bertz CT molecular complexity index is 434.